The van der Waals surface area contributed by atoms with Gasteiger partial charge in [-0.15, -0.1) is 0 Å². The standard InChI is InChI=1S/C16H23N3O2/c1-12-6-5-9-14(18-12)19-15(20)10-11-17-16(21)13-7-3-2-4-8-13/h5-6,9,13H,2-4,7-8,10-11H2,1H3,(H,17,21)(H,18,19,20). The van der Waals surface area contributed by atoms with E-state index in [-0.39, 0.29) is 24.2 Å². The van der Waals surface area contributed by atoms with E-state index >= 15 is 0 Å². The van der Waals surface area contributed by atoms with Crippen LogP contribution < -0.4 is 10.6 Å². The van der Waals surface area contributed by atoms with Crippen LogP contribution in [0.5, 0.6) is 0 Å². The number of nitrogens with zero attached hydrogens (tertiary/aromatic N) is 1. The number of anilines is 1. The lowest BCUT2D eigenvalue weighted by Gasteiger charge is -2.20. The van der Waals surface area contributed by atoms with E-state index in [4.69, 9.17) is 0 Å². The van der Waals surface area contributed by atoms with Crippen molar-refractivity contribution in [1.82, 2.24) is 10.3 Å². The lowest BCUT2D eigenvalue weighted by Crippen LogP contribution is -2.34. The van der Waals surface area contributed by atoms with E-state index in [2.05, 4.69) is 15.6 Å². The van der Waals surface area contributed by atoms with Gasteiger partial charge in [-0.3, -0.25) is 9.59 Å². The number of nitrogens with one attached hydrogen (secondary N) is 2. The summed E-state index contributed by atoms with van der Waals surface area (Å²) in [6.45, 7) is 2.26. The maximum absolute atomic E-state index is 11.9. The molecule has 114 valence electrons. The largest absolute Gasteiger partial charge is 0.355 e. The fourth-order valence-electron chi connectivity index (χ4n) is 2.63. The van der Waals surface area contributed by atoms with Crippen molar-refractivity contribution in [1.29, 1.82) is 0 Å². The molecular formula is C16H23N3O2. The summed E-state index contributed by atoms with van der Waals surface area (Å²) in [5, 5.41) is 5.59. The van der Waals surface area contributed by atoms with Gasteiger partial charge in [0.05, 0.1) is 0 Å². The third kappa shape index (κ3) is 5.17. The predicted molar refractivity (Wildman–Crippen MR) is 81.8 cm³/mol. The van der Waals surface area contributed by atoms with Crippen molar-refractivity contribution in [3.05, 3.63) is 23.9 Å². The smallest absolute Gasteiger partial charge is 0.227 e. The number of rotatable bonds is 5. The second kappa shape index (κ2) is 7.76. The molecule has 0 spiro atoms. The highest BCUT2D eigenvalue weighted by Gasteiger charge is 2.20. The van der Waals surface area contributed by atoms with Gasteiger partial charge in [-0.05, 0) is 31.9 Å². The number of pyridine rings is 1. The van der Waals surface area contributed by atoms with Gasteiger partial charge in [-0.2, -0.15) is 0 Å². The molecule has 1 heterocycles. The lowest BCUT2D eigenvalue weighted by atomic mass is 9.89. The van der Waals surface area contributed by atoms with Crippen molar-refractivity contribution in [3.8, 4) is 0 Å². The topological polar surface area (TPSA) is 71.1 Å². The molecule has 1 aliphatic carbocycles. The Morgan fingerprint density at radius 2 is 2.00 bits per heavy atom. The maximum Gasteiger partial charge on any atom is 0.227 e. The Morgan fingerprint density at radius 3 is 2.71 bits per heavy atom. The highest BCUT2D eigenvalue weighted by molar-refractivity contribution is 5.90. The molecule has 1 saturated carbocycles. The van der Waals surface area contributed by atoms with Gasteiger partial charge < -0.3 is 10.6 Å². The van der Waals surface area contributed by atoms with Crippen LogP contribution >= 0.6 is 0 Å². The zero-order chi connectivity index (χ0) is 15.1. The number of amides is 2. The van der Waals surface area contributed by atoms with Crippen molar-refractivity contribution in [3.63, 3.8) is 0 Å². The fourth-order valence-corrected chi connectivity index (χ4v) is 2.63. The Morgan fingerprint density at radius 1 is 1.24 bits per heavy atom. The molecule has 2 rings (SSSR count). The molecule has 0 unspecified atom stereocenters. The first-order valence-corrected chi connectivity index (χ1v) is 7.66. The van der Waals surface area contributed by atoms with E-state index in [0.717, 1.165) is 31.4 Å². The van der Waals surface area contributed by atoms with Crippen LogP contribution in [0.2, 0.25) is 0 Å². The molecule has 21 heavy (non-hydrogen) atoms. The molecule has 5 nitrogen and oxygen atoms in total. The van der Waals surface area contributed by atoms with E-state index in [1.165, 1.54) is 6.42 Å². The number of aryl methyl sites for hydroxylation is 1. The molecule has 1 aromatic rings. The Kier molecular flexibility index (Phi) is 5.72. The van der Waals surface area contributed by atoms with Gasteiger partial charge in [0.2, 0.25) is 11.8 Å². The zero-order valence-electron chi connectivity index (χ0n) is 12.5. The Hall–Kier alpha value is -1.91. The van der Waals surface area contributed by atoms with Crippen LogP contribution in [0, 0.1) is 12.8 Å². The molecule has 1 fully saturated rings. The van der Waals surface area contributed by atoms with Gasteiger partial charge in [-0.1, -0.05) is 25.3 Å². The van der Waals surface area contributed by atoms with Crippen LogP contribution in [0.4, 0.5) is 5.82 Å². The first-order chi connectivity index (χ1) is 10.1. The van der Waals surface area contributed by atoms with E-state index in [0.29, 0.717) is 12.4 Å². The molecule has 1 aliphatic rings. The summed E-state index contributed by atoms with van der Waals surface area (Å²) in [5.41, 5.74) is 0.860. The summed E-state index contributed by atoms with van der Waals surface area (Å²) >= 11 is 0. The SMILES string of the molecule is Cc1cccc(NC(=O)CCNC(=O)C2CCCCC2)n1. The van der Waals surface area contributed by atoms with Crippen molar-refractivity contribution >= 4 is 17.6 Å². The van der Waals surface area contributed by atoms with Crippen molar-refractivity contribution in [2.24, 2.45) is 5.92 Å². The lowest BCUT2D eigenvalue weighted by molar-refractivity contribution is -0.126. The summed E-state index contributed by atoms with van der Waals surface area (Å²) in [7, 11) is 0. The molecule has 2 amide bonds. The number of aromatic nitrogens is 1. The molecule has 0 aliphatic heterocycles. The minimum absolute atomic E-state index is 0.0937. The second-order valence-corrected chi connectivity index (χ2v) is 5.59. The van der Waals surface area contributed by atoms with Gasteiger partial charge in [0.15, 0.2) is 0 Å². The van der Waals surface area contributed by atoms with Crippen molar-refractivity contribution in [2.75, 3.05) is 11.9 Å². The zero-order valence-corrected chi connectivity index (χ0v) is 12.5. The highest BCUT2D eigenvalue weighted by atomic mass is 16.2. The third-order valence-electron chi connectivity index (χ3n) is 3.78. The van der Waals surface area contributed by atoms with Crippen molar-refractivity contribution < 1.29 is 9.59 Å². The maximum atomic E-state index is 11.9. The molecule has 0 saturated heterocycles. The molecule has 5 heteroatoms. The molecular weight excluding hydrogens is 266 g/mol. The van der Waals surface area contributed by atoms with Gasteiger partial charge >= 0.3 is 0 Å². The van der Waals surface area contributed by atoms with Crippen LogP contribution in [-0.4, -0.2) is 23.3 Å². The summed E-state index contributed by atoms with van der Waals surface area (Å²) < 4.78 is 0. The van der Waals surface area contributed by atoms with E-state index < -0.39 is 0 Å². The van der Waals surface area contributed by atoms with Gasteiger partial charge in [-0.25, -0.2) is 4.98 Å². The van der Waals surface area contributed by atoms with E-state index in [1.807, 2.05) is 19.1 Å². The predicted octanol–water partition coefficient (Wildman–Crippen LogP) is 2.42. The Bertz CT molecular complexity index is 496. The van der Waals surface area contributed by atoms with Crippen molar-refractivity contribution in [2.45, 2.75) is 45.4 Å². The average Bonchev–Trinajstić information content (AvgIpc) is 2.48. The first kappa shape index (κ1) is 15.5. The molecule has 0 aromatic carbocycles. The molecule has 1 aromatic heterocycles. The van der Waals surface area contributed by atoms with E-state index in [1.54, 1.807) is 6.07 Å². The number of hydrogen-bond donors (Lipinski definition) is 2. The minimum atomic E-state index is -0.128. The van der Waals surface area contributed by atoms with Crippen LogP contribution in [0.25, 0.3) is 0 Å². The second-order valence-electron chi connectivity index (χ2n) is 5.59. The van der Waals surface area contributed by atoms with Gasteiger partial charge in [0, 0.05) is 24.6 Å². The monoisotopic (exact) mass is 289 g/mol. The molecule has 0 radical (unpaired) electrons. The molecule has 0 atom stereocenters. The summed E-state index contributed by atoms with van der Waals surface area (Å²) in [5.74, 6) is 0.659. The third-order valence-corrected chi connectivity index (χ3v) is 3.78. The number of hydrogen-bond acceptors (Lipinski definition) is 3. The Balaban J connectivity index is 1.68. The normalized spacial score (nSPS) is 15.5. The Labute approximate surface area is 125 Å². The number of carbonyl (C=O) groups is 2. The van der Waals surface area contributed by atoms with Crippen LogP contribution in [0.15, 0.2) is 18.2 Å². The summed E-state index contributed by atoms with van der Waals surface area (Å²) in [4.78, 5) is 27.9. The summed E-state index contributed by atoms with van der Waals surface area (Å²) in [6.07, 6.45) is 5.73. The van der Waals surface area contributed by atoms with Crippen LogP contribution in [-0.2, 0) is 9.59 Å². The molecule has 2 N–H and O–H groups in total. The van der Waals surface area contributed by atoms with Gasteiger partial charge in [0.25, 0.3) is 0 Å². The van der Waals surface area contributed by atoms with Gasteiger partial charge in [0.1, 0.15) is 5.82 Å². The van der Waals surface area contributed by atoms with Crippen LogP contribution in [0.1, 0.15) is 44.2 Å². The minimum Gasteiger partial charge on any atom is -0.355 e. The fraction of sp³-hybridized carbons (Fsp3) is 0.562. The highest BCUT2D eigenvalue weighted by Crippen LogP contribution is 2.23. The first-order valence-electron chi connectivity index (χ1n) is 7.66. The quantitative estimate of drug-likeness (QED) is 0.874. The number of carbonyl (C=O) groups excluding carboxylic acids is 2. The van der Waals surface area contributed by atoms with Crippen LogP contribution in [0.3, 0.4) is 0 Å². The van der Waals surface area contributed by atoms with E-state index in [9.17, 15) is 9.59 Å². The molecule has 0 bridgehead atoms. The average molecular weight is 289 g/mol. The summed E-state index contributed by atoms with van der Waals surface area (Å²) in [6, 6.07) is 5.48.